The van der Waals surface area contributed by atoms with Crippen LogP contribution in [0.5, 0.6) is 0 Å². The second-order valence-electron chi connectivity index (χ2n) is 4.62. The van der Waals surface area contributed by atoms with E-state index in [9.17, 15) is 4.79 Å². The molecule has 0 aliphatic carbocycles. The third-order valence-electron chi connectivity index (χ3n) is 2.83. The van der Waals surface area contributed by atoms with Crippen LogP contribution < -0.4 is 5.32 Å². The van der Waals surface area contributed by atoms with E-state index in [1.54, 1.807) is 0 Å². The Labute approximate surface area is 116 Å². The molecule has 2 nitrogen and oxygen atoms in total. The lowest BCUT2D eigenvalue weighted by atomic mass is 10.1. The first-order valence-corrected chi connectivity index (χ1v) is 7.24. The Hall–Kier alpha value is -1.06. The fourth-order valence-corrected chi connectivity index (χ4v) is 2.66. The highest BCUT2D eigenvalue weighted by atomic mass is 35.5. The van der Waals surface area contributed by atoms with E-state index in [2.05, 4.69) is 5.32 Å². The van der Waals surface area contributed by atoms with Crippen molar-refractivity contribution in [3.8, 4) is 0 Å². The normalized spacial score (nSPS) is 12.9. The zero-order valence-electron chi connectivity index (χ0n) is 10.4. The number of hydrogen-bond donors (Lipinski definition) is 1. The lowest BCUT2D eigenvalue weighted by molar-refractivity contribution is 0.0956. The molecule has 0 spiro atoms. The summed E-state index contributed by atoms with van der Waals surface area (Å²) in [5.41, 5.74) is 0. The molecule has 0 fully saturated rings. The van der Waals surface area contributed by atoms with Gasteiger partial charge >= 0.3 is 0 Å². The summed E-state index contributed by atoms with van der Waals surface area (Å²) in [5.74, 6) is 0.317. The van der Waals surface area contributed by atoms with Gasteiger partial charge in [-0.1, -0.05) is 32.0 Å². The molecular weight excluding hydrogens is 266 g/mol. The van der Waals surface area contributed by atoms with E-state index in [0.29, 0.717) is 12.5 Å². The highest BCUT2D eigenvalue weighted by molar-refractivity contribution is 7.20. The zero-order chi connectivity index (χ0) is 13.1. The Balaban J connectivity index is 2.05. The zero-order valence-corrected chi connectivity index (χ0v) is 12.0. The molecule has 0 saturated heterocycles. The van der Waals surface area contributed by atoms with Crippen LogP contribution >= 0.6 is 22.9 Å². The fraction of sp³-hybridized carbons (Fsp3) is 0.357. The number of rotatable bonds is 4. The Kier molecular flexibility index (Phi) is 4.25. The van der Waals surface area contributed by atoms with Crippen LogP contribution in [0.4, 0.5) is 0 Å². The summed E-state index contributed by atoms with van der Waals surface area (Å²) >= 11 is 7.62. The standard InChI is InChI=1S/C14H16ClNOS/c1-9(2)11(15)8-16-14(17)13-7-10-5-3-4-6-12(10)18-13/h3-7,9,11H,8H2,1-2H3,(H,16,17). The molecule has 1 unspecified atom stereocenters. The quantitative estimate of drug-likeness (QED) is 0.846. The monoisotopic (exact) mass is 281 g/mol. The number of benzene rings is 1. The van der Waals surface area contributed by atoms with Gasteiger partial charge in [0.2, 0.25) is 0 Å². The number of nitrogens with one attached hydrogen (secondary N) is 1. The summed E-state index contributed by atoms with van der Waals surface area (Å²) in [6.45, 7) is 4.60. The van der Waals surface area contributed by atoms with Crippen LogP contribution in [-0.2, 0) is 0 Å². The molecule has 1 aromatic heterocycles. The Bertz CT molecular complexity index is 516. The number of hydrogen-bond acceptors (Lipinski definition) is 2. The SMILES string of the molecule is CC(C)C(Cl)CNC(=O)c1cc2ccccc2s1. The third kappa shape index (κ3) is 3.03. The van der Waals surface area contributed by atoms with Crippen molar-refractivity contribution in [1.29, 1.82) is 0 Å². The van der Waals surface area contributed by atoms with Crippen molar-refractivity contribution in [3.05, 3.63) is 35.2 Å². The van der Waals surface area contributed by atoms with Crippen molar-refractivity contribution in [3.63, 3.8) is 0 Å². The van der Waals surface area contributed by atoms with Crippen LogP contribution in [0.1, 0.15) is 23.5 Å². The van der Waals surface area contributed by atoms with Crippen LogP contribution in [-0.4, -0.2) is 17.8 Å². The fourth-order valence-electron chi connectivity index (χ4n) is 1.61. The van der Waals surface area contributed by atoms with Crippen LogP contribution in [0, 0.1) is 5.92 Å². The highest BCUT2D eigenvalue weighted by Crippen LogP contribution is 2.25. The van der Waals surface area contributed by atoms with E-state index in [1.807, 2.05) is 44.2 Å². The first kappa shape index (κ1) is 13.4. The van der Waals surface area contributed by atoms with Gasteiger partial charge in [0.15, 0.2) is 0 Å². The van der Waals surface area contributed by atoms with Crippen molar-refractivity contribution in [2.24, 2.45) is 5.92 Å². The van der Waals surface area contributed by atoms with Crippen molar-refractivity contribution in [2.45, 2.75) is 19.2 Å². The summed E-state index contributed by atoms with van der Waals surface area (Å²) in [6.07, 6.45) is 0. The summed E-state index contributed by atoms with van der Waals surface area (Å²) < 4.78 is 1.13. The Morgan fingerprint density at radius 2 is 2.11 bits per heavy atom. The molecule has 0 saturated carbocycles. The van der Waals surface area contributed by atoms with Crippen molar-refractivity contribution in [2.75, 3.05) is 6.54 Å². The third-order valence-corrected chi connectivity index (χ3v) is 4.60. The molecule has 0 bridgehead atoms. The summed E-state index contributed by atoms with van der Waals surface area (Å²) in [5, 5.41) is 3.97. The van der Waals surface area contributed by atoms with Crippen molar-refractivity contribution < 1.29 is 4.79 Å². The molecule has 0 aliphatic rings. The molecule has 1 aromatic carbocycles. The molecule has 0 radical (unpaired) electrons. The molecular formula is C14H16ClNOS. The van der Waals surface area contributed by atoms with Gasteiger partial charge < -0.3 is 5.32 Å². The van der Waals surface area contributed by atoms with Crippen LogP contribution in [0.3, 0.4) is 0 Å². The number of carbonyl (C=O) groups is 1. The van der Waals surface area contributed by atoms with Gasteiger partial charge in [-0.3, -0.25) is 4.79 Å². The summed E-state index contributed by atoms with van der Waals surface area (Å²) in [4.78, 5) is 12.7. The number of alkyl halides is 1. The van der Waals surface area contributed by atoms with E-state index >= 15 is 0 Å². The van der Waals surface area contributed by atoms with E-state index in [-0.39, 0.29) is 11.3 Å². The predicted octanol–water partition coefficient (Wildman–Crippen LogP) is 3.89. The van der Waals surface area contributed by atoms with Gasteiger partial charge in [-0.2, -0.15) is 0 Å². The van der Waals surface area contributed by atoms with Crippen LogP contribution in [0.2, 0.25) is 0 Å². The molecule has 96 valence electrons. The van der Waals surface area contributed by atoms with Gasteiger partial charge in [0.1, 0.15) is 0 Å². The van der Waals surface area contributed by atoms with Gasteiger partial charge in [-0.15, -0.1) is 22.9 Å². The molecule has 0 aliphatic heterocycles. The van der Waals surface area contributed by atoms with Gasteiger partial charge in [0.05, 0.1) is 10.3 Å². The predicted molar refractivity (Wildman–Crippen MR) is 78.6 cm³/mol. The maximum Gasteiger partial charge on any atom is 0.261 e. The van der Waals surface area contributed by atoms with Crippen molar-refractivity contribution in [1.82, 2.24) is 5.32 Å². The second-order valence-corrected chi connectivity index (χ2v) is 6.26. The Morgan fingerprint density at radius 3 is 2.78 bits per heavy atom. The number of fused-ring (bicyclic) bond motifs is 1. The molecule has 1 heterocycles. The average Bonchev–Trinajstić information content (AvgIpc) is 2.79. The van der Waals surface area contributed by atoms with Gasteiger partial charge in [0.25, 0.3) is 5.91 Å². The van der Waals surface area contributed by atoms with Crippen LogP contribution in [0.15, 0.2) is 30.3 Å². The van der Waals surface area contributed by atoms with E-state index in [0.717, 1.165) is 15.0 Å². The molecule has 1 N–H and O–H groups in total. The van der Waals surface area contributed by atoms with E-state index in [4.69, 9.17) is 11.6 Å². The maximum atomic E-state index is 12.0. The van der Waals surface area contributed by atoms with Crippen molar-refractivity contribution >= 4 is 38.9 Å². The van der Waals surface area contributed by atoms with Gasteiger partial charge in [-0.05, 0) is 23.4 Å². The van der Waals surface area contributed by atoms with Gasteiger partial charge in [-0.25, -0.2) is 0 Å². The molecule has 2 aromatic rings. The smallest absolute Gasteiger partial charge is 0.261 e. The number of halogens is 1. The molecule has 2 rings (SSSR count). The first-order valence-electron chi connectivity index (χ1n) is 5.99. The Morgan fingerprint density at radius 1 is 1.39 bits per heavy atom. The largest absolute Gasteiger partial charge is 0.350 e. The van der Waals surface area contributed by atoms with Crippen LogP contribution in [0.25, 0.3) is 10.1 Å². The minimum atomic E-state index is -0.0394. The summed E-state index contributed by atoms with van der Waals surface area (Å²) in [7, 11) is 0. The lowest BCUT2D eigenvalue weighted by Gasteiger charge is -2.13. The number of amides is 1. The second kappa shape index (κ2) is 5.72. The first-order chi connectivity index (χ1) is 8.58. The molecule has 18 heavy (non-hydrogen) atoms. The van der Waals surface area contributed by atoms with E-state index in [1.165, 1.54) is 11.3 Å². The average molecular weight is 282 g/mol. The van der Waals surface area contributed by atoms with E-state index < -0.39 is 0 Å². The highest BCUT2D eigenvalue weighted by Gasteiger charge is 2.13. The summed E-state index contributed by atoms with van der Waals surface area (Å²) in [6, 6.07) is 9.92. The molecule has 1 amide bonds. The molecule has 4 heteroatoms. The maximum absolute atomic E-state index is 12.0. The number of thiophene rings is 1. The minimum absolute atomic E-state index is 0.0247. The van der Waals surface area contributed by atoms with Gasteiger partial charge in [0, 0.05) is 11.2 Å². The lowest BCUT2D eigenvalue weighted by Crippen LogP contribution is -2.31. The minimum Gasteiger partial charge on any atom is -0.350 e. The number of carbonyl (C=O) groups excluding carboxylic acids is 1. The topological polar surface area (TPSA) is 29.1 Å². The molecule has 1 atom stereocenters.